The summed E-state index contributed by atoms with van der Waals surface area (Å²) >= 11 is 0. The molecule has 0 saturated heterocycles. The van der Waals surface area contributed by atoms with E-state index in [-0.39, 0.29) is 0 Å². The van der Waals surface area contributed by atoms with E-state index in [4.69, 9.17) is 39.1 Å². The van der Waals surface area contributed by atoms with Crippen LogP contribution in [0.15, 0.2) is 0 Å². The van der Waals surface area contributed by atoms with Crippen molar-refractivity contribution in [3.8, 4) is 0 Å². The Morgan fingerprint density at radius 3 is 0.762 bits per heavy atom. The lowest BCUT2D eigenvalue weighted by Gasteiger charge is -2.39. The zero-order valence-electron chi connectivity index (χ0n) is 23.7. The minimum absolute atomic E-state index is 1.35. The van der Waals surface area contributed by atoms with Gasteiger partial charge in [0.15, 0.2) is 0 Å². The first-order valence-corrected chi connectivity index (χ1v) is 21.7. The third-order valence-electron chi connectivity index (χ3n) is 4.98. The van der Waals surface area contributed by atoms with Crippen LogP contribution in [0.1, 0.15) is 79.1 Å². The summed E-state index contributed by atoms with van der Waals surface area (Å²) in [6, 6.07) is 0. The molecule has 0 spiro atoms. The maximum absolute atomic E-state index is 11.2. The third kappa shape index (κ3) is 25.1. The molecule has 0 aromatic carbocycles. The molecule has 0 saturated carbocycles. The fourth-order valence-corrected chi connectivity index (χ4v) is 10.2. The van der Waals surface area contributed by atoms with Crippen molar-refractivity contribution in [2.75, 3.05) is 26.2 Å². The van der Waals surface area contributed by atoms with Crippen molar-refractivity contribution < 1.29 is 92.6 Å². The molecular formula is C16H44NO19P6+. The van der Waals surface area contributed by atoms with Gasteiger partial charge < -0.3 is 43.6 Å². The minimum Gasteiger partial charge on any atom is -0.324 e. The minimum atomic E-state index is -6.26. The van der Waals surface area contributed by atoms with Crippen molar-refractivity contribution in [1.29, 1.82) is 0 Å². The van der Waals surface area contributed by atoms with E-state index in [0.717, 1.165) is 0 Å². The third-order valence-corrected chi connectivity index (χ3v) is 13.3. The summed E-state index contributed by atoms with van der Waals surface area (Å²) in [6.07, 6.45) is 11.1. The van der Waals surface area contributed by atoms with Gasteiger partial charge >= 0.3 is 46.9 Å². The van der Waals surface area contributed by atoms with Crippen molar-refractivity contribution in [3.63, 3.8) is 0 Å². The molecule has 4 unspecified atom stereocenters. The van der Waals surface area contributed by atoms with E-state index in [1.807, 2.05) is 0 Å². The highest BCUT2D eigenvalue weighted by molar-refractivity contribution is 7.72. The highest BCUT2D eigenvalue weighted by Crippen LogP contribution is 2.74. The SMILES string of the molecule is CCCC[N+](CCCC)(CCCC)CCCC.O=P(O)(O)OP(=O)(O)OP(=O)(O)OP(=O)(O)OP(=O)(O)OP(=O)(O)O. The second kappa shape index (κ2) is 19.5. The average molecular weight is 740 g/mol. The molecule has 0 rings (SSSR count). The quantitative estimate of drug-likeness (QED) is 0.0552. The van der Waals surface area contributed by atoms with Crippen LogP contribution in [0, 0.1) is 0 Å². The molecule has 0 radical (unpaired) electrons. The Morgan fingerprint density at radius 2 is 0.595 bits per heavy atom. The molecule has 0 aromatic heterocycles. The van der Waals surface area contributed by atoms with Crippen LogP contribution < -0.4 is 0 Å². The van der Waals surface area contributed by atoms with E-state index in [1.165, 1.54) is 82.0 Å². The van der Waals surface area contributed by atoms with Gasteiger partial charge in [0.25, 0.3) is 0 Å². The van der Waals surface area contributed by atoms with E-state index in [2.05, 4.69) is 49.2 Å². The number of phosphoric acid groups is 6. The Morgan fingerprint density at radius 1 is 0.405 bits per heavy atom. The van der Waals surface area contributed by atoms with Gasteiger partial charge in [-0.3, -0.25) is 0 Å². The Bertz CT molecular complexity index is 973. The van der Waals surface area contributed by atoms with Gasteiger partial charge in [0.05, 0.1) is 26.2 Å². The van der Waals surface area contributed by atoms with Gasteiger partial charge in [0.1, 0.15) is 0 Å². The zero-order chi connectivity index (χ0) is 33.5. The number of hydrogen-bond donors (Lipinski definition) is 8. The van der Waals surface area contributed by atoms with E-state index < -0.39 is 46.9 Å². The van der Waals surface area contributed by atoms with Crippen molar-refractivity contribution in [3.05, 3.63) is 0 Å². The summed E-state index contributed by atoms with van der Waals surface area (Å²) in [5.74, 6) is 0. The average Bonchev–Trinajstić information content (AvgIpc) is 2.72. The molecule has 256 valence electrons. The molecule has 8 N–H and O–H groups in total. The Labute approximate surface area is 244 Å². The van der Waals surface area contributed by atoms with Gasteiger partial charge in [-0.15, -0.1) is 0 Å². The lowest BCUT2D eigenvalue weighted by molar-refractivity contribution is -0.929. The van der Waals surface area contributed by atoms with E-state index in [1.54, 1.807) is 0 Å². The van der Waals surface area contributed by atoms with Crippen LogP contribution in [0.4, 0.5) is 0 Å². The second-order valence-electron chi connectivity index (χ2n) is 8.91. The maximum Gasteiger partial charge on any atom is 0.490 e. The molecule has 0 amide bonds. The Balaban J connectivity index is 0. The number of quaternary nitrogens is 1. The summed E-state index contributed by atoms with van der Waals surface area (Å²) in [5.41, 5.74) is 0. The molecule has 0 aliphatic rings. The van der Waals surface area contributed by atoms with Crippen molar-refractivity contribution >= 4 is 46.9 Å². The summed E-state index contributed by atoms with van der Waals surface area (Å²) in [4.78, 5) is 68.1. The first-order valence-electron chi connectivity index (χ1n) is 12.6. The number of rotatable bonds is 22. The largest absolute Gasteiger partial charge is 0.490 e. The van der Waals surface area contributed by atoms with Crippen LogP contribution in [-0.2, 0) is 48.9 Å². The van der Waals surface area contributed by atoms with Crippen LogP contribution in [0.5, 0.6) is 0 Å². The van der Waals surface area contributed by atoms with Crippen LogP contribution in [0.3, 0.4) is 0 Å². The first kappa shape index (κ1) is 44.9. The van der Waals surface area contributed by atoms with Gasteiger partial charge in [-0.2, -0.15) is 21.6 Å². The first-order chi connectivity index (χ1) is 18.8. The van der Waals surface area contributed by atoms with Gasteiger partial charge in [-0.1, -0.05) is 53.4 Å². The van der Waals surface area contributed by atoms with Gasteiger partial charge in [0, 0.05) is 0 Å². The van der Waals surface area contributed by atoms with Crippen LogP contribution >= 0.6 is 46.9 Å². The van der Waals surface area contributed by atoms with E-state index in [9.17, 15) is 27.4 Å². The maximum atomic E-state index is 11.2. The normalized spacial score (nSPS) is 18.6. The molecule has 0 bridgehead atoms. The predicted molar refractivity (Wildman–Crippen MR) is 148 cm³/mol. The smallest absolute Gasteiger partial charge is 0.324 e. The molecule has 0 aliphatic carbocycles. The standard InChI is InChI=1S/C16H36N.H8O19P6/c1-5-9-13-17(14-10-6-2,15-11-7-3)16-12-8-4;1-20(2,3)15-22(7,8)17-24(11,12)19-25(13,14)18-23(9,10)16-21(4,5)6/h5-16H2,1-4H3;(H,7,8)(H,9,10)(H,11,12)(H,13,14)(H2,1,2,3)(H2,4,5,6)/q+1;. The zero-order valence-corrected chi connectivity index (χ0v) is 29.1. The summed E-state index contributed by atoms with van der Waals surface area (Å²) < 4.78 is 81.9. The number of hydrogen-bond acceptors (Lipinski definition) is 11. The second-order valence-corrected chi connectivity index (χ2v) is 17.9. The van der Waals surface area contributed by atoms with Gasteiger partial charge in [-0.25, -0.2) is 27.4 Å². The lowest BCUT2D eigenvalue weighted by atomic mass is 10.1. The van der Waals surface area contributed by atoms with Crippen molar-refractivity contribution in [2.24, 2.45) is 0 Å². The lowest BCUT2D eigenvalue weighted by Crippen LogP contribution is -2.50. The molecule has 42 heavy (non-hydrogen) atoms. The molecular weight excluding hydrogens is 696 g/mol. The monoisotopic (exact) mass is 740 g/mol. The molecule has 0 fully saturated rings. The fourth-order valence-electron chi connectivity index (χ4n) is 3.36. The Hall–Kier alpha value is 0.820. The van der Waals surface area contributed by atoms with Crippen molar-refractivity contribution in [1.82, 2.24) is 0 Å². The predicted octanol–water partition coefficient (Wildman–Crippen LogP) is 4.66. The van der Waals surface area contributed by atoms with Crippen LogP contribution in [-0.4, -0.2) is 69.8 Å². The van der Waals surface area contributed by atoms with Crippen molar-refractivity contribution in [2.45, 2.75) is 79.1 Å². The summed E-state index contributed by atoms with van der Waals surface area (Å²) in [6.45, 7) is 15.0. The molecule has 0 aliphatic heterocycles. The number of nitrogens with zero attached hydrogens (tertiary/aromatic N) is 1. The summed E-state index contributed by atoms with van der Waals surface area (Å²) in [5, 5.41) is 0. The fraction of sp³-hybridized carbons (Fsp3) is 1.00. The summed E-state index contributed by atoms with van der Waals surface area (Å²) in [7, 11) is -36.2. The molecule has 26 heteroatoms. The van der Waals surface area contributed by atoms with E-state index >= 15 is 0 Å². The number of unbranched alkanes of at least 4 members (excludes halogenated alkanes) is 4. The van der Waals surface area contributed by atoms with Gasteiger partial charge in [-0.05, 0) is 25.7 Å². The molecule has 4 atom stereocenters. The van der Waals surface area contributed by atoms with Gasteiger partial charge in [0.2, 0.25) is 0 Å². The molecule has 0 aromatic rings. The topological polar surface area (TPSA) is 310 Å². The molecule has 20 nitrogen and oxygen atoms in total. The highest BCUT2D eigenvalue weighted by Gasteiger charge is 2.48. The van der Waals surface area contributed by atoms with Crippen LogP contribution in [0.25, 0.3) is 0 Å². The molecule has 0 heterocycles. The van der Waals surface area contributed by atoms with Crippen LogP contribution in [0.2, 0.25) is 0 Å². The highest BCUT2D eigenvalue weighted by atomic mass is 31.3. The van der Waals surface area contributed by atoms with E-state index in [0.29, 0.717) is 0 Å². The Kier molecular flexibility index (Phi) is 20.8.